The number of rotatable bonds is 3. The van der Waals surface area contributed by atoms with E-state index in [2.05, 4.69) is 15.3 Å². The van der Waals surface area contributed by atoms with E-state index in [1.807, 2.05) is 24.3 Å². The van der Waals surface area contributed by atoms with Crippen LogP contribution in [0.5, 0.6) is 0 Å². The Morgan fingerprint density at radius 2 is 2.24 bits per heavy atom. The molecular weight excluding hydrogens is 214 g/mol. The van der Waals surface area contributed by atoms with Crippen molar-refractivity contribution >= 4 is 22.9 Å². The van der Waals surface area contributed by atoms with Crippen LogP contribution >= 0.6 is 0 Å². The maximum atomic E-state index is 11.7. The summed E-state index contributed by atoms with van der Waals surface area (Å²) < 4.78 is 0. The Hall–Kier alpha value is -1.84. The van der Waals surface area contributed by atoms with Crippen molar-refractivity contribution < 1.29 is 4.79 Å². The van der Waals surface area contributed by atoms with Gasteiger partial charge in [0.15, 0.2) is 0 Å². The summed E-state index contributed by atoms with van der Waals surface area (Å²) in [5.41, 5.74) is 1.83. The molecule has 0 saturated heterocycles. The molecule has 0 aliphatic heterocycles. The van der Waals surface area contributed by atoms with Crippen LogP contribution in [0.15, 0.2) is 24.3 Å². The van der Waals surface area contributed by atoms with Crippen LogP contribution in [0.1, 0.15) is 25.7 Å². The van der Waals surface area contributed by atoms with Crippen LogP contribution < -0.4 is 5.32 Å². The van der Waals surface area contributed by atoms with Gasteiger partial charge in [0, 0.05) is 6.42 Å². The molecule has 1 aromatic carbocycles. The smallest absolute Gasteiger partial charge is 0.226 e. The highest BCUT2D eigenvalue weighted by Gasteiger charge is 2.20. The van der Waals surface area contributed by atoms with Crippen molar-refractivity contribution in [3.8, 4) is 0 Å². The number of carbonyl (C=O) groups excluding carboxylic acids is 1. The van der Waals surface area contributed by atoms with Crippen molar-refractivity contribution in [1.29, 1.82) is 0 Å². The van der Waals surface area contributed by atoms with Crippen LogP contribution in [0.25, 0.3) is 11.0 Å². The molecule has 0 radical (unpaired) electrons. The number of carbonyl (C=O) groups is 1. The summed E-state index contributed by atoms with van der Waals surface area (Å²) in [7, 11) is 0. The van der Waals surface area contributed by atoms with Crippen LogP contribution in [0.2, 0.25) is 0 Å². The lowest BCUT2D eigenvalue weighted by molar-refractivity contribution is -0.117. The lowest BCUT2D eigenvalue weighted by Crippen LogP contribution is -2.21. The zero-order chi connectivity index (χ0) is 11.7. The third-order valence-corrected chi connectivity index (χ3v) is 3.35. The standard InChI is InChI=1S/C13H15N3O/c17-12(8-9-4-3-5-9)16-13-14-10-6-1-2-7-11(10)15-13/h1-2,6-7,9H,3-5,8H2,(H2,14,15,16,17). The molecule has 0 bridgehead atoms. The third-order valence-electron chi connectivity index (χ3n) is 3.35. The van der Waals surface area contributed by atoms with Crippen LogP contribution in [0.4, 0.5) is 5.95 Å². The van der Waals surface area contributed by atoms with Crippen molar-refractivity contribution in [2.24, 2.45) is 5.92 Å². The first kappa shape index (κ1) is 10.3. The second-order valence-corrected chi connectivity index (χ2v) is 4.65. The number of hydrogen-bond acceptors (Lipinski definition) is 2. The Bertz CT molecular complexity index is 509. The second kappa shape index (κ2) is 4.20. The predicted octanol–water partition coefficient (Wildman–Crippen LogP) is 2.69. The summed E-state index contributed by atoms with van der Waals surface area (Å²) in [4.78, 5) is 19.1. The zero-order valence-corrected chi connectivity index (χ0v) is 9.57. The summed E-state index contributed by atoms with van der Waals surface area (Å²) in [6, 6.07) is 7.75. The van der Waals surface area contributed by atoms with E-state index in [0.717, 1.165) is 11.0 Å². The van der Waals surface area contributed by atoms with Gasteiger partial charge in [0.05, 0.1) is 11.0 Å². The summed E-state index contributed by atoms with van der Waals surface area (Å²) >= 11 is 0. The molecule has 1 amide bonds. The number of para-hydroxylation sites is 2. The van der Waals surface area contributed by atoms with Crippen molar-refractivity contribution in [2.75, 3.05) is 5.32 Å². The lowest BCUT2D eigenvalue weighted by Gasteiger charge is -2.24. The molecule has 1 fully saturated rings. The maximum Gasteiger partial charge on any atom is 0.226 e. The minimum atomic E-state index is 0.0637. The molecule has 0 spiro atoms. The quantitative estimate of drug-likeness (QED) is 0.850. The van der Waals surface area contributed by atoms with Gasteiger partial charge in [-0.25, -0.2) is 4.98 Å². The van der Waals surface area contributed by atoms with Gasteiger partial charge in [-0.1, -0.05) is 18.6 Å². The first-order valence-electron chi connectivity index (χ1n) is 6.06. The van der Waals surface area contributed by atoms with Gasteiger partial charge in [-0.15, -0.1) is 0 Å². The van der Waals surface area contributed by atoms with E-state index in [1.165, 1.54) is 19.3 Å². The average molecular weight is 229 g/mol. The number of hydrogen-bond donors (Lipinski definition) is 2. The van der Waals surface area contributed by atoms with E-state index in [9.17, 15) is 4.79 Å². The summed E-state index contributed by atoms with van der Waals surface area (Å²) in [5, 5.41) is 2.82. The Labute approximate surface area is 99.4 Å². The van der Waals surface area contributed by atoms with Crippen molar-refractivity contribution in [3.63, 3.8) is 0 Å². The monoisotopic (exact) mass is 229 g/mol. The lowest BCUT2D eigenvalue weighted by atomic mass is 9.83. The molecule has 4 nitrogen and oxygen atoms in total. The minimum Gasteiger partial charge on any atom is -0.324 e. The number of anilines is 1. The fourth-order valence-corrected chi connectivity index (χ4v) is 2.15. The summed E-state index contributed by atoms with van der Waals surface area (Å²) in [6.07, 6.45) is 4.26. The predicted molar refractivity (Wildman–Crippen MR) is 66.7 cm³/mol. The maximum absolute atomic E-state index is 11.7. The number of nitrogens with zero attached hydrogens (tertiary/aromatic N) is 1. The van der Waals surface area contributed by atoms with Crippen molar-refractivity contribution in [2.45, 2.75) is 25.7 Å². The first-order valence-corrected chi connectivity index (χ1v) is 6.06. The Morgan fingerprint density at radius 3 is 2.94 bits per heavy atom. The molecule has 0 atom stereocenters. The molecule has 1 aliphatic carbocycles. The molecule has 17 heavy (non-hydrogen) atoms. The molecule has 1 saturated carbocycles. The number of nitrogens with one attached hydrogen (secondary N) is 2. The summed E-state index contributed by atoms with van der Waals surface area (Å²) in [6.45, 7) is 0. The molecule has 1 aliphatic rings. The molecule has 3 rings (SSSR count). The van der Waals surface area contributed by atoms with Crippen LogP contribution in [-0.4, -0.2) is 15.9 Å². The fraction of sp³-hybridized carbons (Fsp3) is 0.385. The topological polar surface area (TPSA) is 57.8 Å². The van der Waals surface area contributed by atoms with E-state index >= 15 is 0 Å². The summed E-state index contributed by atoms with van der Waals surface area (Å²) in [5.74, 6) is 1.20. The number of aromatic amines is 1. The number of fused-ring (bicyclic) bond motifs is 1. The highest BCUT2D eigenvalue weighted by molar-refractivity contribution is 5.91. The molecule has 1 heterocycles. The molecule has 2 N–H and O–H groups in total. The van der Waals surface area contributed by atoms with Gasteiger partial charge < -0.3 is 4.98 Å². The molecule has 2 aromatic rings. The molecule has 1 aromatic heterocycles. The highest BCUT2D eigenvalue weighted by atomic mass is 16.1. The van der Waals surface area contributed by atoms with Gasteiger partial charge >= 0.3 is 0 Å². The van der Waals surface area contributed by atoms with E-state index in [-0.39, 0.29) is 5.91 Å². The molecular formula is C13H15N3O. The highest BCUT2D eigenvalue weighted by Crippen LogP contribution is 2.29. The van der Waals surface area contributed by atoms with E-state index in [1.54, 1.807) is 0 Å². The zero-order valence-electron chi connectivity index (χ0n) is 9.57. The van der Waals surface area contributed by atoms with Crippen molar-refractivity contribution in [1.82, 2.24) is 9.97 Å². The van der Waals surface area contributed by atoms with Gasteiger partial charge in [0.1, 0.15) is 0 Å². The van der Waals surface area contributed by atoms with Gasteiger partial charge in [0.2, 0.25) is 11.9 Å². The fourth-order valence-electron chi connectivity index (χ4n) is 2.15. The van der Waals surface area contributed by atoms with E-state index in [0.29, 0.717) is 18.3 Å². The van der Waals surface area contributed by atoms with Crippen LogP contribution in [0.3, 0.4) is 0 Å². The van der Waals surface area contributed by atoms with Gasteiger partial charge in [-0.05, 0) is 30.9 Å². The number of amides is 1. The van der Waals surface area contributed by atoms with Crippen molar-refractivity contribution in [3.05, 3.63) is 24.3 Å². The van der Waals surface area contributed by atoms with Crippen LogP contribution in [-0.2, 0) is 4.79 Å². The molecule has 88 valence electrons. The Kier molecular flexibility index (Phi) is 2.55. The van der Waals surface area contributed by atoms with E-state index in [4.69, 9.17) is 0 Å². The average Bonchev–Trinajstić information content (AvgIpc) is 2.65. The normalized spacial score (nSPS) is 15.8. The van der Waals surface area contributed by atoms with Gasteiger partial charge in [0.25, 0.3) is 0 Å². The number of aromatic nitrogens is 2. The molecule has 4 heteroatoms. The van der Waals surface area contributed by atoms with Gasteiger partial charge in [-0.2, -0.15) is 0 Å². The largest absolute Gasteiger partial charge is 0.324 e. The number of imidazole rings is 1. The Balaban J connectivity index is 1.69. The molecule has 0 unspecified atom stereocenters. The first-order chi connectivity index (χ1) is 8.31. The minimum absolute atomic E-state index is 0.0637. The second-order valence-electron chi connectivity index (χ2n) is 4.65. The number of H-pyrrole nitrogens is 1. The van der Waals surface area contributed by atoms with E-state index < -0.39 is 0 Å². The number of benzene rings is 1. The Morgan fingerprint density at radius 1 is 1.41 bits per heavy atom. The van der Waals surface area contributed by atoms with Crippen LogP contribution in [0, 0.1) is 5.92 Å². The van der Waals surface area contributed by atoms with Gasteiger partial charge in [-0.3, -0.25) is 10.1 Å². The SMILES string of the molecule is O=C(CC1CCC1)Nc1nc2ccccc2[nH]1. The third kappa shape index (κ3) is 2.16.